The molecule has 0 aliphatic heterocycles. The van der Waals surface area contributed by atoms with Gasteiger partial charge in [-0.1, -0.05) is 18.6 Å². The third kappa shape index (κ3) is 1.90. The molecule has 1 heteroatoms. The van der Waals surface area contributed by atoms with E-state index in [-0.39, 0.29) is 0 Å². The number of hydrogen-bond acceptors (Lipinski definition) is 1. The van der Waals surface area contributed by atoms with Crippen LogP contribution in [0.5, 0.6) is 0 Å². The van der Waals surface area contributed by atoms with Crippen molar-refractivity contribution >= 4 is 0 Å². The van der Waals surface area contributed by atoms with Crippen LogP contribution in [0.15, 0.2) is 23.9 Å². The van der Waals surface area contributed by atoms with Gasteiger partial charge in [0.1, 0.15) is 0 Å². The third-order valence-corrected chi connectivity index (χ3v) is 1.74. The molecule has 1 aliphatic carbocycles. The zero-order chi connectivity index (χ0) is 7.40. The lowest BCUT2D eigenvalue weighted by molar-refractivity contribution is 0.838. The molecule has 0 radical (unpaired) electrons. The van der Waals surface area contributed by atoms with Gasteiger partial charge in [0.2, 0.25) is 0 Å². The monoisotopic (exact) mass is 137 g/mol. The van der Waals surface area contributed by atoms with Crippen LogP contribution < -0.4 is 5.32 Å². The Bertz CT molecular complexity index is 150. The summed E-state index contributed by atoms with van der Waals surface area (Å²) in [5.74, 6) is 0. The first kappa shape index (κ1) is 7.39. The maximum atomic E-state index is 3.66. The van der Waals surface area contributed by atoms with Crippen molar-refractivity contribution in [3.8, 4) is 0 Å². The summed E-state index contributed by atoms with van der Waals surface area (Å²) in [7, 11) is 0. The highest BCUT2D eigenvalue weighted by Crippen LogP contribution is 2.31. The van der Waals surface area contributed by atoms with Crippen molar-refractivity contribution in [2.24, 2.45) is 0 Å². The Morgan fingerprint density at radius 3 is 2.80 bits per heavy atom. The minimum Gasteiger partial charge on any atom is -0.385 e. The predicted molar refractivity (Wildman–Crippen MR) is 44.8 cm³/mol. The highest BCUT2D eigenvalue weighted by atomic mass is 14.9. The van der Waals surface area contributed by atoms with Gasteiger partial charge in [-0.05, 0) is 19.3 Å². The molecule has 1 fully saturated rings. The summed E-state index contributed by atoms with van der Waals surface area (Å²) in [5.41, 5.74) is 3.06. The Labute approximate surface area is 62.8 Å². The summed E-state index contributed by atoms with van der Waals surface area (Å²) in [6.45, 7) is 6.76. The lowest BCUT2D eigenvalue weighted by atomic mass is 10.3. The van der Waals surface area contributed by atoms with E-state index in [1.54, 1.807) is 5.57 Å². The van der Waals surface area contributed by atoms with Crippen LogP contribution in [0.25, 0.3) is 0 Å². The van der Waals surface area contributed by atoms with Crippen molar-refractivity contribution in [2.45, 2.75) is 26.2 Å². The molecule has 0 saturated heterocycles. The van der Waals surface area contributed by atoms with Crippen LogP contribution in [0, 0.1) is 0 Å². The molecule has 1 rings (SSSR count). The molecular weight excluding hydrogens is 122 g/mol. The summed E-state index contributed by atoms with van der Waals surface area (Å²) >= 11 is 0. The average molecular weight is 137 g/mol. The normalized spacial score (nSPS) is 14.7. The SMILES string of the molecule is C=CCNC(CC)=C1CC1. The zero-order valence-corrected chi connectivity index (χ0v) is 6.61. The van der Waals surface area contributed by atoms with Gasteiger partial charge in [0, 0.05) is 12.2 Å². The average Bonchev–Trinajstić information content (AvgIpc) is 2.73. The number of hydrogen-bond donors (Lipinski definition) is 1. The summed E-state index contributed by atoms with van der Waals surface area (Å²) in [6.07, 6.45) is 5.67. The fraction of sp³-hybridized carbons (Fsp3) is 0.556. The molecule has 1 saturated carbocycles. The fourth-order valence-electron chi connectivity index (χ4n) is 1.06. The van der Waals surface area contributed by atoms with Crippen LogP contribution >= 0.6 is 0 Å². The van der Waals surface area contributed by atoms with Crippen LogP contribution in [0.2, 0.25) is 0 Å². The van der Waals surface area contributed by atoms with Crippen molar-refractivity contribution in [2.75, 3.05) is 6.54 Å². The molecule has 1 aliphatic rings. The first-order valence-corrected chi connectivity index (χ1v) is 3.94. The highest BCUT2D eigenvalue weighted by Gasteiger charge is 2.15. The van der Waals surface area contributed by atoms with E-state index in [9.17, 15) is 0 Å². The minimum atomic E-state index is 0.909. The summed E-state index contributed by atoms with van der Waals surface area (Å²) in [5, 5.41) is 3.34. The van der Waals surface area contributed by atoms with E-state index in [0.717, 1.165) is 13.0 Å². The molecule has 0 aromatic rings. The molecule has 0 spiro atoms. The molecule has 0 aromatic carbocycles. The van der Waals surface area contributed by atoms with Gasteiger partial charge in [-0.3, -0.25) is 0 Å². The molecule has 1 nitrogen and oxygen atoms in total. The summed E-state index contributed by atoms with van der Waals surface area (Å²) < 4.78 is 0. The van der Waals surface area contributed by atoms with Gasteiger partial charge in [-0.25, -0.2) is 0 Å². The first-order chi connectivity index (χ1) is 4.88. The molecule has 56 valence electrons. The zero-order valence-electron chi connectivity index (χ0n) is 6.61. The number of rotatable bonds is 4. The molecule has 10 heavy (non-hydrogen) atoms. The molecule has 0 heterocycles. The van der Waals surface area contributed by atoms with Crippen molar-refractivity contribution in [3.05, 3.63) is 23.9 Å². The number of nitrogens with one attached hydrogen (secondary N) is 1. The smallest absolute Gasteiger partial charge is 0.0325 e. The Hall–Kier alpha value is -0.720. The topological polar surface area (TPSA) is 12.0 Å². The van der Waals surface area contributed by atoms with Crippen LogP contribution in [-0.2, 0) is 0 Å². The fourth-order valence-corrected chi connectivity index (χ4v) is 1.06. The standard InChI is InChI=1S/C9H15N/c1-3-7-10-9(4-2)8-5-6-8/h3,10H,1,4-7H2,2H3. The molecule has 0 unspecified atom stereocenters. The van der Waals surface area contributed by atoms with Gasteiger partial charge in [-0.2, -0.15) is 0 Å². The summed E-state index contributed by atoms with van der Waals surface area (Å²) in [6, 6.07) is 0. The van der Waals surface area contributed by atoms with Gasteiger partial charge in [0.25, 0.3) is 0 Å². The molecular formula is C9H15N. The Morgan fingerprint density at radius 1 is 1.70 bits per heavy atom. The summed E-state index contributed by atoms with van der Waals surface area (Å²) in [4.78, 5) is 0. The Morgan fingerprint density at radius 2 is 2.40 bits per heavy atom. The second kappa shape index (κ2) is 3.45. The Kier molecular flexibility index (Phi) is 2.55. The van der Waals surface area contributed by atoms with Gasteiger partial charge in [0.15, 0.2) is 0 Å². The number of allylic oxidation sites excluding steroid dienone is 2. The highest BCUT2D eigenvalue weighted by molar-refractivity contribution is 5.23. The van der Waals surface area contributed by atoms with E-state index < -0.39 is 0 Å². The van der Waals surface area contributed by atoms with Crippen LogP contribution in [0.3, 0.4) is 0 Å². The van der Waals surface area contributed by atoms with E-state index in [4.69, 9.17) is 0 Å². The van der Waals surface area contributed by atoms with Crippen molar-refractivity contribution in [3.63, 3.8) is 0 Å². The van der Waals surface area contributed by atoms with Crippen LogP contribution in [0.1, 0.15) is 26.2 Å². The van der Waals surface area contributed by atoms with E-state index in [2.05, 4.69) is 18.8 Å². The van der Waals surface area contributed by atoms with Crippen molar-refractivity contribution < 1.29 is 0 Å². The van der Waals surface area contributed by atoms with Crippen molar-refractivity contribution in [1.82, 2.24) is 5.32 Å². The molecule has 0 amide bonds. The van der Waals surface area contributed by atoms with Gasteiger partial charge in [-0.15, -0.1) is 6.58 Å². The maximum absolute atomic E-state index is 3.66. The molecule has 1 N–H and O–H groups in total. The van der Waals surface area contributed by atoms with Gasteiger partial charge >= 0.3 is 0 Å². The third-order valence-electron chi connectivity index (χ3n) is 1.74. The second-order valence-corrected chi connectivity index (χ2v) is 2.61. The minimum absolute atomic E-state index is 0.909. The van der Waals surface area contributed by atoms with Crippen LogP contribution in [-0.4, -0.2) is 6.54 Å². The van der Waals surface area contributed by atoms with Crippen LogP contribution in [0.4, 0.5) is 0 Å². The second-order valence-electron chi connectivity index (χ2n) is 2.61. The van der Waals surface area contributed by atoms with E-state index in [0.29, 0.717) is 0 Å². The quantitative estimate of drug-likeness (QED) is 0.586. The lowest BCUT2D eigenvalue weighted by Gasteiger charge is -2.04. The predicted octanol–water partition coefficient (Wildman–Crippen LogP) is 2.22. The van der Waals surface area contributed by atoms with Crippen molar-refractivity contribution in [1.29, 1.82) is 0 Å². The largest absolute Gasteiger partial charge is 0.385 e. The lowest BCUT2D eigenvalue weighted by Crippen LogP contribution is -2.12. The Balaban J connectivity index is 2.34. The van der Waals surface area contributed by atoms with E-state index in [1.165, 1.54) is 18.5 Å². The van der Waals surface area contributed by atoms with E-state index in [1.807, 2.05) is 6.08 Å². The maximum Gasteiger partial charge on any atom is 0.0325 e. The molecule has 0 aromatic heterocycles. The van der Waals surface area contributed by atoms with E-state index >= 15 is 0 Å². The molecule has 0 bridgehead atoms. The molecule has 0 atom stereocenters. The van der Waals surface area contributed by atoms with Gasteiger partial charge < -0.3 is 5.32 Å². The van der Waals surface area contributed by atoms with Gasteiger partial charge in [0.05, 0.1) is 0 Å². The first-order valence-electron chi connectivity index (χ1n) is 3.94.